The van der Waals surface area contributed by atoms with Crippen LogP contribution in [0.2, 0.25) is 0 Å². The highest BCUT2D eigenvalue weighted by atomic mass is 15.0. The lowest BCUT2D eigenvalue weighted by molar-refractivity contribution is 0.651. The van der Waals surface area contributed by atoms with Gasteiger partial charge in [-0.25, -0.2) is 0 Å². The van der Waals surface area contributed by atoms with Crippen LogP contribution < -0.4 is 11.1 Å². The molecule has 0 spiro atoms. The molecule has 0 aliphatic carbocycles. The van der Waals surface area contributed by atoms with Crippen molar-refractivity contribution in [2.75, 3.05) is 13.1 Å². The zero-order valence-corrected chi connectivity index (χ0v) is 6.90. The molecule has 1 aromatic rings. The molecule has 0 bridgehead atoms. The molecule has 3 nitrogen and oxygen atoms in total. The first-order valence-corrected chi connectivity index (χ1v) is 4.24. The first kappa shape index (κ1) is 7.71. The van der Waals surface area contributed by atoms with Gasteiger partial charge in [-0.1, -0.05) is 6.07 Å². The van der Waals surface area contributed by atoms with Crippen molar-refractivity contribution in [1.29, 1.82) is 0 Å². The average Bonchev–Trinajstić information content (AvgIpc) is 2.53. The predicted molar refractivity (Wildman–Crippen MR) is 47.8 cm³/mol. The van der Waals surface area contributed by atoms with Crippen LogP contribution in [0.3, 0.4) is 0 Å². The van der Waals surface area contributed by atoms with Crippen LogP contribution in [0.15, 0.2) is 24.5 Å². The molecule has 2 rings (SSSR count). The molecular formula is C9H13N3. The summed E-state index contributed by atoms with van der Waals surface area (Å²) in [5.41, 5.74) is 7.17. The van der Waals surface area contributed by atoms with Crippen LogP contribution in [0.1, 0.15) is 11.5 Å². The quantitative estimate of drug-likeness (QED) is 0.617. The molecule has 1 aliphatic heterocycles. The van der Waals surface area contributed by atoms with Crippen LogP contribution in [-0.2, 0) is 0 Å². The molecule has 0 aromatic carbocycles. The van der Waals surface area contributed by atoms with E-state index in [4.69, 9.17) is 5.73 Å². The van der Waals surface area contributed by atoms with Crippen LogP contribution in [0, 0.1) is 0 Å². The standard InChI is InChI=1S/C9H13N3/c10-9-6-12-5-8(9)7-2-1-3-11-4-7/h1-4,8-9,12H,5-6,10H2/t8-,9+/m1/s1. The molecule has 0 saturated carbocycles. The molecule has 0 amide bonds. The first-order chi connectivity index (χ1) is 5.88. The van der Waals surface area contributed by atoms with Crippen molar-refractivity contribution in [3.8, 4) is 0 Å². The van der Waals surface area contributed by atoms with Gasteiger partial charge in [0.15, 0.2) is 0 Å². The number of pyridine rings is 1. The molecule has 1 saturated heterocycles. The van der Waals surface area contributed by atoms with Crippen molar-refractivity contribution < 1.29 is 0 Å². The van der Waals surface area contributed by atoms with Gasteiger partial charge in [0, 0.05) is 37.4 Å². The van der Waals surface area contributed by atoms with E-state index in [0.717, 1.165) is 13.1 Å². The second-order valence-electron chi connectivity index (χ2n) is 3.21. The van der Waals surface area contributed by atoms with E-state index in [0.29, 0.717) is 5.92 Å². The molecule has 1 aliphatic rings. The molecular weight excluding hydrogens is 150 g/mol. The van der Waals surface area contributed by atoms with Gasteiger partial charge >= 0.3 is 0 Å². The Balaban J connectivity index is 2.19. The average molecular weight is 163 g/mol. The smallest absolute Gasteiger partial charge is 0.0303 e. The van der Waals surface area contributed by atoms with E-state index in [1.165, 1.54) is 5.56 Å². The third-order valence-corrected chi connectivity index (χ3v) is 2.37. The van der Waals surface area contributed by atoms with E-state index in [9.17, 15) is 0 Å². The number of rotatable bonds is 1. The maximum atomic E-state index is 5.92. The summed E-state index contributed by atoms with van der Waals surface area (Å²) in [7, 11) is 0. The first-order valence-electron chi connectivity index (χ1n) is 4.24. The monoisotopic (exact) mass is 163 g/mol. The van der Waals surface area contributed by atoms with Gasteiger partial charge in [-0.2, -0.15) is 0 Å². The lowest BCUT2D eigenvalue weighted by atomic mass is 9.97. The molecule has 0 unspecified atom stereocenters. The second-order valence-corrected chi connectivity index (χ2v) is 3.21. The van der Waals surface area contributed by atoms with Gasteiger partial charge in [0.2, 0.25) is 0 Å². The Morgan fingerprint density at radius 1 is 1.50 bits per heavy atom. The molecule has 2 atom stereocenters. The van der Waals surface area contributed by atoms with Crippen molar-refractivity contribution in [3.05, 3.63) is 30.1 Å². The molecule has 64 valence electrons. The van der Waals surface area contributed by atoms with Crippen LogP contribution >= 0.6 is 0 Å². The van der Waals surface area contributed by atoms with Crippen molar-refractivity contribution >= 4 is 0 Å². The second kappa shape index (κ2) is 3.21. The van der Waals surface area contributed by atoms with Crippen LogP contribution in [0.25, 0.3) is 0 Å². The zero-order chi connectivity index (χ0) is 8.39. The van der Waals surface area contributed by atoms with Crippen LogP contribution in [0.4, 0.5) is 0 Å². The summed E-state index contributed by atoms with van der Waals surface area (Å²) >= 11 is 0. The van der Waals surface area contributed by atoms with Gasteiger partial charge in [0.1, 0.15) is 0 Å². The van der Waals surface area contributed by atoms with E-state index in [2.05, 4.69) is 16.4 Å². The minimum Gasteiger partial charge on any atom is -0.326 e. The number of nitrogens with two attached hydrogens (primary N) is 1. The number of nitrogens with one attached hydrogen (secondary N) is 1. The van der Waals surface area contributed by atoms with E-state index in [1.807, 2.05) is 12.3 Å². The summed E-state index contributed by atoms with van der Waals surface area (Å²) in [4.78, 5) is 4.08. The van der Waals surface area contributed by atoms with E-state index < -0.39 is 0 Å². The van der Waals surface area contributed by atoms with Gasteiger partial charge in [0.05, 0.1) is 0 Å². The third kappa shape index (κ3) is 1.33. The molecule has 3 N–H and O–H groups in total. The fraction of sp³-hybridized carbons (Fsp3) is 0.444. The molecule has 3 heteroatoms. The van der Waals surface area contributed by atoms with E-state index >= 15 is 0 Å². The fourth-order valence-corrected chi connectivity index (χ4v) is 1.66. The third-order valence-electron chi connectivity index (χ3n) is 2.37. The molecule has 2 heterocycles. The molecule has 1 aromatic heterocycles. The summed E-state index contributed by atoms with van der Waals surface area (Å²) in [6, 6.07) is 4.29. The SMILES string of the molecule is N[C@H]1CNC[C@@H]1c1cccnc1. The van der Waals surface area contributed by atoms with E-state index in [1.54, 1.807) is 6.20 Å². The molecule has 12 heavy (non-hydrogen) atoms. The van der Waals surface area contributed by atoms with Crippen LogP contribution in [-0.4, -0.2) is 24.1 Å². The Labute approximate surface area is 72.0 Å². The van der Waals surface area contributed by atoms with Gasteiger partial charge < -0.3 is 11.1 Å². The lowest BCUT2D eigenvalue weighted by Crippen LogP contribution is -2.27. The number of nitrogens with zero attached hydrogens (tertiary/aromatic N) is 1. The lowest BCUT2D eigenvalue weighted by Gasteiger charge is -2.13. The highest BCUT2D eigenvalue weighted by molar-refractivity contribution is 5.19. The van der Waals surface area contributed by atoms with Crippen LogP contribution in [0.5, 0.6) is 0 Å². The Hall–Kier alpha value is -0.930. The van der Waals surface area contributed by atoms with Gasteiger partial charge in [0.25, 0.3) is 0 Å². The molecule has 0 radical (unpaired) electrons. The van der Waals surface area contributed by atoms with Crippen molar-refractivity contribution in [2.24, 2.45) is 5.73 Å². The summed E-state index contributed by atoms with van der Waals surface area (Å²) in [5.74, 6) is 0.443. The zero-order valence-electron chi connectivity index (χ0n) is 6.90. The normalized spacial score (nSPS) is 29.1. The van der Waals surface area contributed by atoms with Gasteiger partial charge in [-0.15, -0.1) is 0 Å². The molecule has 1 fully saturated rings. The van der Waals surface area contributed by atoms with Crippen molar-refractivity contribution in [1.82, 2.24) is 10.3 Å². The summed E-state index contributed by atoms with van der Waals surface area (Å²) in [5, 5.41) is 3.27. The minimum absolute atomic E-state index is 0.245. The Morgan fingerprint density at radius 3 is 3.00 bits per heavy atom. The topological polar surface area (TPSA) is 50.9 Å². The maximum absolute atomic E-state index is 5.92. The summed E-state index contributed by atoms with van der Waals surface area (Å²) < 4.78 is 0. The summed E-state index contributed by atoms with van der Waals surface area (Å²) in [6.07, 6.45) is 3.69. The van der Waals surface area contributed by atoms with Gasteiger partial charge in [-0.3, -0.25) is 4.98 Å². The largest absolute Gasteiger partial charge is 0.326 e. The fourth-order valence-electron chi connectivity index (χ4n) is 1.66. The number of hydrogen-bond donors (Lipinski definition) is 2. The number of hydrogen-bond acceptors (Lipinski definition) is 3. The maximum Gasteiger partial charge on any atom is 0.0303 e. The minimum atomic E-state index is 0.245. The Kier molecular flexibility index (Phi) is 2.06. The van der Waals surface area contributed by atoms with E-state index in [-0.39, 0.29) is 6.04 Å². The summed E-state index contributed by atoms with van der Waals surface area (Å²) in [6.45, 7) is 1.90. The number of aromatic nitrogens is 1. The Bertz CT molecular complexity index is 247. The van der Waals surface area contributed by atoms with Crippen molar-refractivity contribution in [3.63, 3.8) is 0 Å². The van der Waals surface area contributed by atoms with Crippen molar-refractivity contribution in [2.45, 2.75) is 12.0 Å². The highest BCUT2D eigenvalue weighted by Crippen LogP contribution is 2.19. The van der Waals surface area contributed by atoms with Gasteiger partial charge in [-0.05, 0) is 11.6 Å². The Morgan fingerprint density at radius 2 is 2.42 bits per heavy atom. The highest BCUT2D eigenvalue weighted by Gasteiger charge is 2.24. The predicted octanol–water partition coefficient (Wildman–Crippen LogP) is 0.0957.